The number of esters is 1. The third kappa shape index (κ3) is 7.02. The average Bonchev–Trinajstić information content (AvgIpc) is 3.69. The minimum Gasteiger partial charge on any atom is -0.496 e. The number of nitrogens with zero attached hydrogens (tertiary/aromatic N) is 1. The summed E-state index contributed by atoms with van der Waals surface area (Å²) >= 11 is 8.93. The Labute approximate surface area is 242 Å². The zero-order valence-electron chi connectivity index (χ0n) is 22.1. The van der Waals surface area contributed by atoms with Gasteiger partial charge in [-0.2, -0.15) is 0 Å². The van der Waals surface area contributed by atoms with E-state index in [1.54, 1.807) is 24.3 Å². The van der Waals surface area contributed by atoms with E-state index < -0.39 is 11.6 Å². The van der Waals surface area contributed by atoms with Crippen molar-refractivity contribution < 1.29 is 28.9 Å². The first kappa shape index (κ1) is 29.6. The highest BCUT2D eigenvalue weighted by Crippen LogP contribution is 2.38. The number of methoxy groups -OCH3 is 1. The zero-order valence-corrected chi connectivity index (χ0v) is 24.5. The Morgan fingerprint density at radius 2 is 1.77 bits per heavy atom. The topological polar surface area (TPSA) is 85.3 Å². The van der Waals surface area contributed by atoms with Crippen LogP contribution in [0.3, 0.4) is 0 Å². The van der Waals surface area contributed by atoms with Crippen LogP contribution in [0.5, 0.6) is 11.5 Å². The number of aliphatic hydroxyl groups is 1. The number of hydrogen-bond donors (Lipinski definition) is 1. The monoisotopic (exact) mass is 591 g/mol. The van der Waals surface area contributed by atoms with Crippen LogP contribution in [0, 0.1) is 0 Å². The molecule has 1 saturated carbocycles. The van der Waals surface area contributed by atoms with Crippen LogP contribution in [0.1, 0.15) is 58.6 Å². The van der Waals surface area contributed by atoms with Crippen LogP contribution in [-0.2, 0) is 15.1 Å². The van der Waals surface area contributed by atoms with Crippen molar-refractivity contribution in [1.82, 2.24) is 4.90 Å². The van der Waals surface area contributed by atoms with E-state index in [1.807, 2.05) is 22.9 Å². The summed E-state index contributed by atoms with van der Waals surface area (Å²) in [5.41, 5.74) is -1.37. The maximum Gasteiger partial charge on any atom is 0.349 e. The number of carbonyl (C=O) groups excluding carboxylic acids is 2. The number of ether oxygens (including phenoxy) is 3. The third-order valence-electron chi connectivity index (χ3n) is 7.17. The van der Waals surface area contributed by atoms with Crippen LogP contribution in [0.2, 0.25) is 5.02 Å². The van der Waals surface area contributed by atoms with Crippen LogP contribution in [0.4, 0.5) is 0 Å². The molecule has 210 valence electrons. The van der Waals surface area contributed by atoms with Crippen LogP contribution in [-0.4, -0.2) is 61.7 Å². The van der Waals surface area contributed by atoms with Crippen molar-refractivity contribution >= 4 is 46.5 Å². The molecule has 0 unspecified atom stereocenters. The molecule has 0 bridgehead atoms. The highest BCUT2D eigenvalue weighted by atomic mass is 35.5. The molecule has 0 spiro atoms. The Bertz CT molecular complexity index is 1170. The molecule has 1 aliphatic rings. The van der Waals surface area contributed by atoms with Gasteiger partial charge in [0.15, 0.2) is 6.29 Å². The van der Waals surface area contributed by atoms with Gasteiger partial charge >= 0.3 is 5.97 Å². The van der Waals surface area contributed by atoms with Crippen LogP contribution >= 0.6 is 34.3 Å². The molecular weight excluding hydrogens is 558 g/mol. The van der Waals surface area contributed by atoms with Crippen molar-refractivity contribution in [3.63, 3.8) is 0 Å². The van der Waals surface area contributed by atoms with Crippen molar-refractivity contribution in [2.75, 3.05) is 27.3 Å². The molecular formula is C29H34ClNO6S2. The number of halogens is 1. The van der Waals surface area contributed by atoms with Gasteiger partial charge in [0.05, 0.1) is 34.1 Å². The van der Waals surface area contributed by atoms with Crippen LogP contribution in [0.25, 0.3) is 0 Å². The summed E-state index contributed by atoms with van der Waals surface area (Å²) in [6.07, 6.45) is 5.72. The lowest BCUT2D eigenvalue weighted by Gasteiger charge is -2.35. The molecule has 1 aliphatic carbocycles. The van der Waals surface area contributed by atoms with E-state index in [0.29, 0.717) is 50.8 Å². The highest BCUT2D eigenvalue weighted by molar-refractivity contribution is 7.12. The molecule has 10 heteroatoms. The fourth-order valence-corrected chi connectivity index (χ4v) is 6.83. The lowest BCUT2D eigenvalue weighted by Crippen LogP contribution is -2.42. The van der Waals surface area contributed by atoms with Gasteiger partial charge in [-0.1, -0.05) is 23.7 Å². The van der Waals surface area contributed by atoms with E-state index >= 15 is 0 Å². The van der Waals surface area contributed by atoms with Gasteiger partial charge in [-0.25, -0.2) is 4.79 Å². The fourth-order valence-electron chi connectivity index (χ4n) is 4.89. The molecule has 7 nitrogen and oxygen atoms in total. The molecule has 1 aromatic carbocycles. The third-order valence-corrected chi connectivity index (χ3v) is 9.42. The Hall–Kier alpha value is -2.43. The second-order valence-corrected chi connectivity index (χ2v) is 12.0. The van der Waals surface area contributed by atoms with Crippen LogP contribution in [0.15, 0.2) is 47.2 Å². The molecule has 2 heterocycles. The number of hydrogen-bond acceptors (Lipinski definition) is 9. The number of unbranched alkanes of at least 4 members (excludes halogenated alkanes) is 1. The first-order valence-corrected chi connectivity index (χ1v) is 15.2. The molecule has 0 aliphatic heterocycles. The fraction of sp³-hybridized carbons (Fsp3) is 0.448. The van der Waals surface area contributed by atoms with Crippen LogP contribution < -0.4 is 9.47 Å². The van der Waals surface area contributed by atoms with Gasteiger partial charge in [0.2, 0.25) is 5.60 Å². The van der Waals surface area contributed by atoms with Gasteiger partial charge < -0.3 is 24.2 Å². The predicted octanol–water partition coefficient (Wildman–Crippen LogP) is 6.17. The van der Waals surface area contributed by atoms with E-state index in [4.69, 9.17) is 25.8 Å². The van der Waals surface area contributed by atoms with Crippen molar-refractivity contribution in [2.24, 2.45) is 0 Å². The number of carbonyl (C=O) groups is 2. The maximum absolute atomic E-state index is 13.2. The molecule has 1 N–H and O–H groups in total. The summed E-state index contributed by atoms with van der Waals surface area (Å²) in [6, 6.07) is 10.8. The smallest absolute Gasteiger partial charge is 0.349 e. The Morgan fingerprint density at radius 3 is 2.33 bits per heavy atom. The SMILES string of the molecule is COc1cc(OCCCCN(C)[C@H]2CC[C@H](OC(=O)C(O)(c3cccs3)c3cccs3)CC2)c(Cl)cc1C=O. The van der Waals surface area contributed by atoms with Gasteiger partial charge in [-0.05, 0) is 81.1 Å². The minimum atomic E-state index is -1.76. The quantitative estimate of drug-likeness (QED) is 0.145. The summed E-state index contributed by atoms with van der Waals surface area (Å²) in [6.45, 7) is 1.44. The lowest BCUT2D eigenvalue weighted by molar-refractivity contribution is -0.169. The predicted molar refractivity (Wildman–Crippen MR) is 155 cm³/mol. The van der Waals surface area contributed by atoms with Gasteiger partial charge in [-0.15, -0.1) is 22.7 Å². The first-order valence-electron chi connectivity index (χ1n) is 13.0. The van der Waals surface area contributed by atoms with Gasteiger partial charge in [-0.3, -0.25) is 4.79 Å². The lowest BCUT2D eigenvalue weighted by atomic mass is 9.91. The molecule has 4 rings (SSSR count). The summed E-state index contributed by atoms with van der Waals surface area (Å²) in [5.74, 6) is 0.348. The second kappa shape index (κ2) is 13.8. The molecule has 39 heavy (non-hydrogen) atoms. The average molecular weight is 592 g/mol. The zero-order chi connectivity index (χ0) is 27.8. The number of rotatable bonds is 13. The summed E-state index contributed by atoms with van der Waals surface area (Å²) in [4.78, 5) is 27.9. The van der Waals surface area contributed by atoms with Gasteiger partial charge in [0, 0.05) is 12.1 Å². The van der Waals surface area contributed by atoms with Crippen molar-refractivity contribution in [3.05, 3.63) is 67.5 Å². The normalized spacial score (nSPS) is 17.7. The minimum absolute atomic E-state index is 0.200. The maximum atomic E-state index is 13.2. The molecule has 0 amide bonds. The number of thiophene rings is 2. The molecule has 0 saturated heterocycles. The van der Waals surface area contributed by atoms with Gasteiger partial charge in [0.25, 0.3) is 0 Å². The highest BCUT2D eigenvalue weighted by Gasteiger charge is 2.45. The first-order chi connectivity index (χ1) is 18.9. The summed E-state index contributed by atoms with van der Waals surface area (Å²) < 4.78 is 16.9. The van der Waals surface area contributed by atoms with Crippen molar-refractivity contribution in [3.8, 4) is 11.5 Å². The van der Waals surface area contributed by atoms with E-state index in [0.717, 1.165) is 45.1 Å². The van der Waals surface area contributed by atoms with E-state index in [1.165, 1.54) is 29.8 Å². The largest absolute Gasteiger partial charge is 0.496 e. The summed E-state index contributed by atoms with van der Waals surface area (Å²) in [5, 5.41) is 15.5. The Balaban J connectivity index is 1.20. The molecule has 0 radical (unpaired) electrons. The second-order valence-electron chi connectivity index (χ2n) is 9.68. The molecule has 3 aromatic rings. The Morgan fingerprint density at radius 1 is 1.10 bits per heavy atom. The standard InChI is InChI=1S/C29H34ClNO6S2/c1-31(13-3-4-14-36-25-18-24(35-2)20(19-32)17-23(25)30)21-9-11-22(12-10-21)37-28(33)29(34,26-7-5-15-38-26)27-8-6-16-39-27/h5-8,15-19,21-22,34H,3-4,9-14H2,1-2H3/t21-,22-. The number of aldehydes is 1. The van der Waals surface area contributed by atoms with Gasteiger partial charge in [0.1, 0.15) is 17.6 Å². The van der Waals surface area contributed by atoms with Crippen molar-refractivity contribution in [2.45, 2.75) is 56.3 Å². The summed E-state index contributed by atoms with van der Waals surface area (Å²) in [7, 11) is 3.63. The molecule has 1 fully saturated rings. The molecule has 2 aromatic heterocycles. The Kier molecular flexibility index (Phi) is 10.4. The van der Waals surface area contributed by atoms with Crippen molar-refractivity contribution in [1.29, 1.82) is 0 Å². The molecule has 0 atom stereocenters. The number of benzene rings is 1. The van der Waals surface area contributed by atoms with E-state index in [9.17, 15) is 14.7 Å². The van der Waals surface area contributed by atoms with E-state index in [2.05, 4.69) is 11.9 Å². The van der Waals surface area contributed by atoms with E-state index in [-0.39, 0.29) is 6.10 Å².